The van der Waals surface area contributed by atoms with Gasteiger partial charge in [-0.25, -0.2) is 15.0 Å². The van der Waals surface area contributed by atoms with Gasteiger partial charge in [-0.3, -0.25) is 0 Å². The van der Waals surface area contributed by atoms with E-state index in [0.29, 0.717) is 29.9 Å². The molecule has 0 amide bonds. The highest BCUT2D eigenvalue weighted by Crippen LogP contribution is 2.67. The van der Waals surface area contributed by atoms with Crippen LogP contribution in [0.1, 0.15) is 25.3 Å². The van der Waals surface area contributed by atoms with Gasteiger partial charge in [-0.1, -0.05) is 0 Å². The second kappa shape index (κ2) is 3.20. The molecule has 2 heterocycles. The lowest BCUT2D eigenvalue weighted by Gasteiger charge is -2.13. The van der Waals surface area contributed by atoms with Gasteiger partial charge in [0.1, 0.15) is 11.8 Å². The van der Waals surface area contributed by atoms with Crippen LogP contribution in [0.15, 0.2) is 12.7 Å². The van der Waals surface area contributed by atoms with Crippen molar-refractivity contribution in [2.75, 3.05) is 12.3 Å². The highest BCUT2D eigenvalue weighted by molar-refractivity contribution is 5.81. The fourth-order valence-electron chi connectivity index (χ4n) is 3.55. The molecule has 0 unspecified atom stereocenters. The molecule has 2 aromatic heterocycles. The molecule has 3 atom stereocenters. The van der Waals surface area contributed by atoms with Gasteiger partial charge < -0.3 is 15.4 Å². The van der Waals surface area contributed by atoms with Gasteiger partial charge in [-0.2, -0.15) is 0 Å². The largest absolute Gasteiger partial charge is 0.396 e. The molecule has 2 aliphatic carbocycles. The van der Waals surface area contributed by atoms with Crippen LogP contribution in [-0.2, 0) is 0 Å². The molecule has 94 valence electrons. The Morgan fingerprint density at radius 2 is 2.33 bits per heavy atom. The molecule has 2 aromatic rings. The summed E-state index contributed by atoms with van der Waals surface area (Å²) in [7, 11) is 0. The minimum Gasteiger partial charge on any atom is -0.396 e. The molecule has 2 saturated carbocycles. The summed E-state index contributed by atoms with van der Waals surface area (Å²) in [6.45, 7) is 0.303. The van der Waals surface area contributed by atoms with Crippen LogP contribution in [0.25, 0.3) is 11.2 Å². The Kier molecular flexibility index (Phi) is 1.82. The molecular weight excluding hydrogens is 230 g/mol. The van der Waals surface area contributed by atoms with E-state index in [1.54, 1.807) is 0 Å². The second-order valence-corrected chi connectivity index (χ2v) is 5.52. The van der Waals surface area contributed by atoms with Crippen molar-refractivity contribution in [2.45, 2.75) is 25.3 Å². The minimum atomic E-state index is 0.180. The number of nitrogen functional groups attached to an aromatic ring is 1. The molecule has 0 radical (unpaired) electrons. The standard InChI is InChI=1S/C12H15N5O/c13-10-9-11(15-5-14-10)17(6-16-9)8-1-2-12(4-18)3-7(8)12/h5-8,18H,1-4H2,(H2,13,14,15)/t7-,8+,12-/m1/s1. The van der Waals surface area contributed by atoms with Crippen LogP contribution >= 0.6 is 0 Å². The SMILES string of the molecule is Nc1ncnc2c1ncn2[C@H]1CC[C@]2(CO)C[C@H]12. The number of aliphatic hydroxyl groups excluding tert-OH is 1. The maximum Gasteiger partial charge on any atom is 0.165 e. The van der Waals surface area contributed by atoms with E-state index in [1.165, 1.54) is 6.33 Å². The zero-order valence-corrected chi connectivity index (χ0v) is 9.95. The minimum absolute atomic E-state index is 0.180. The fourth-order valence-corrected chi connectivity index (χ4v) is 3.55. The van der Waals surface area contributed by atoms with Crippen molar-refractivity contribution in [3.05, 3.63) is 12.7 Å². The topological polar surface area (TPSA) is 89.9 Å². The van der Waals surface area contributed by atoms with Gasteiger partial charge in [-0.05, 0) is 30.6 Å². The van der Waals surface area contributed by atoms with E-state index in [9.17, 15) is 5.11 Å². The summed E-state index contributed by atoms with van der Waals surface area (Å²) in [4.78, 5) is 12.6. The van der Waals surface area contributed by atoms with Gasteiger partial charge >= 0.3 is 0 Å². The highest BCUT2D eigenvalue weighted by atomic mass is 16.3. The number of imidazole rings is 1. The first-order chi connectivity index (χ1) is 8.75. The summed E-state index contributed by atoms with van der Waals surface area (Å²) in [5.41, 5.74) is 7.47. The lowest BCUT2D eigenvalue weighted by Crippen LogP contribution is -2.09. The number of aliphatic hydroxyl groups is 1. The smallest absolute Gasteiger partial charge is 0.165 e. The fraction of sp³-hybridized carbons (Fsp3) is 0.583. The van der Waals surface area contributed by atoms with Crippen LogP contribution in [0.2, 0.25) is 0 Å². The third kappa shape index (κ3) is 1.13. The molecule has 2 aliphatic rings. The number of hydrogen-bond donors (Lipinski definition) is 2. The number of fused-ring (bicyclic) bond motifs is 2. The third-order valence-electron chi connectivity index (χ3n) is 4.71. The van der Waals surface area contributed by atoms with E-state index >= 15 is 0 Å². The first-order valence-electron chi connectivity index (χ1n) is 6.29. The van der Waals surface area contributed by atoms with Gasteiger partial charge in [0.2, 0.25) is 0 Å². The van der Waals surface area contributed by atoms with Crippen molar-refractivity contribution >= 4 is 17.0 Å². The monoisotopic (exact) mass is 245 g/mol. The van der Waals surface area contributed by atoms with Crippen LogP contribution in [0, 0.1) is 11.3 Å². The highest BCUT2D eigenvalue weighted by Gasteiger charge is 2.61. The molecular formula is C12H15N5O. The quantitative estimate of drug-likeness (QED) is 0.814. The van der Waals surface area contributed by atoms with Gasteiger partial charge in [0.25, 0.3) is 0 Å². The Bertz CT molecular complexity index is 624. The third-order valence-corrected chi connectivity index (χ3v) is 4.71. The summed E-state index contributed by atoms with van der Waals surface area (Å²) in [6.07, 6.45) is 6.59. The maximum absolute atomic E-state index is 9.47. The lowest BCUT2D eigenvalue weighted by molar-refractivity contribution is 0.205. The molecule has 6 nitrogen and oxygen atoms in total. The molecule has 0 bridgehead atoms. The van der Waals surface area contributed by atoms with Crippen LogP contribution < -0.4 is 5.73 Å². The van der Waals surface area contributed by atoms with E-state index in [0.717, 1.165) is 24.9 Å². The summed E-state index contributed by atoms with van der Waals surface area (Å²) < 4.78 is 2.11. The number of anilines is 1. The van der Waals surface area contributed by atoms with Crippen molar-refractivity contribution in [1.29, 1.82) is 0 Å². The Morgan fingerprint density at radius 3 is 3.06 bits per heavy atom. The first-order valence-corrected chi connectivity index (χ1v) is 6.29. The lowest BCUT2D eigenvalue weighted by atomic mass is 10.1. The average molecular weight is 245 g/mol. The van der Waals surface area contributed by atoms with Gasteiger partial charge in [0.15, 0.2) is 11.5 Å². The molecule has 4 rings (SSSR count). The number of hydrogen-bond acceptors (Lipinski definition) is 5. The molecule has 0 spiro atoms. The molecule has 0 aromatic carbocycles. The zero-order chi connectivity index (χ0) is 12.3. The molecule has 18 heavy (non-hydrogen) atoms. The second-order valence-electron chi connectivity index (χ2n) is 5.52. The van der Waals surface area contributed by atoms with Crippen molar-refractivity contribution in [3.8, 4) is 0 Å². The first kappa shape index (κ1) is 10.3. The molecule has 6 heteroatoms. The predicted octanol–water partition coefficient (Wildman–Crippen LogP) is 0.742. The Labute approximate surface area is 104 Å². The van der Waals surface area contributed by atoms with Crippen molar-refractivity contribution < 1.29 is 5.11 Å². The molecule has 0 saturated heterocycles. The van der Waals surface area contributed by atoms with Crippen molar-refractivity contribution in [3.63, 3.8) is 0 Å². The summed E-state index contributed by atoms with van der Waals surface area (Å²) >= 11 is 0. The summed E-state index contributed by atoms with van der Waals surface area (Å²) in [5.74, 6) is 0.997. The van der Waals surface area contributed by atoms with Crippen LogP contribution in [0.3, 0.4) is 0 Å². The van der Waals surface area contributed by atoms with Gasteiger partial charge in [0.05, 0.1) is 6.33 Å². The number of aromatic nitrogens is 4. The maximum atomic E-state index is 9.47. The van der Waals surface area contributed by atoms with Gasteiger partial charge in [0, 0.05) is 12.6 Å². The van der Waals surface area contributed by atoms with E-state index in [1.807, 2.05) is 6.33 Å². The van der Waals surface area contributed by atoms with Crippen molar-refractivity contribution in [1.82, 2.24) is 19.5 Å². The summed E-state index contributed by atoms with van der Waals surface area (Å²) in [5, 5.41) is 9.47. The van der Waals surface area contributed by atoms with Gasteiger partial charge in [-0.15, -0.1) is 0 Å². The van der Waals surface area contributed by atoms with E-state index in [2.05, 4.69) is 19.5 Å². The van der Waals surface area contributed by atoms with E-state index < -0.39 is 0 Å². The Balaban J connectivity index is 1.79. The van der Waals surface area contributed by atoms with Crippen molar-refractivity contribution in [2.24, 2.45) is 11.3 Å². The molecule has 0 aliphatic heterocycles. The van der Waals surface area contributed by atoms with Crippen LogP contribution in [-0.4, -0.2) is 31.2 Å². The molecule has 3 N–H and O–H groups in total. The van der Waals surface area contributed by atoms with E-state index in [-0.39, 0.29) is 5.41 Å². The number of nitrogens with two attached hydrogens (primary N) is 1. The summed E-state index contributed by atoms with van der Waals surface area (Å²) in [6, 6.07) is 0.399. The van der Waals surface area contributed by atoms with E-state index in [4.69, 9.17) is 5.73 Å². The zero-order valence-electron chi connectivity index (χ0n) is 9.95. The Morgan fingerprint density at radius 1 is 1.44 bits per heavy atom. The van der Waals surface area contributed by atoms with Crippen LogP contribution in [0.4, 0.5) is 5.82 Å². The number of rotatable bonds is 2. The normalized spacial score (nSPS) is 33.8. The Hall–Kier alpha value is -1.69. The number of nitrogens with zero attached hydrogens (tertiary/aromatic N) is 4. The molecule has 2 fully saturated rings. The predicted molar refractivity (Wildman–Crippen MR) is 65.6 cm³/mol. The van der Waals surface area contributed by atoms with Crippen LogP contribution in [0.5, 0.6) is 0 Å². The average Bonchev–Trinajstić information content (AvgIpc) is 2.78.